The first-order chi connectivity index (χ1) is 15.0. The molecule has 0 aromatic carbocycles. The van der Waals surface area contributed by atoms with Crippen LogP contribution in [0.5, 0.6) is 0 Å². The predicted molar refractivity (Wildman–Crippen MR) is 115 cm³/mol. The minimum atomic E-state index is -0.406. The molecule has 1 amide bonds. The summed E-state index contributed by atoms with van der Waals surface area (Å²) in [5, 5.41) is 0.409. The van der Waals surface area contributed by atoms with E-state index in [0.717, 1.165) is 23.1 Å². The Labute approximate surface area is 178 Å². The van der Waals surface area contributed by atoms with Crippen molar-refractivity contribution in [3.8, 4) is 0 Å². The zero-order chi connectivity index (χ0) is 22.0. The molecule has 31 heavy (non-hydrogen) atoms. The molecule has 0 spiro atoms. The van der Waals surface area contributed by atoms with Gasteiger partial charge in [-0.25, -0.2) is 9.78 Å². The van der Waals surface area contributed by atoms with Gasteiger partial charge < -0.3 is 9.64 Å². The van der Waals surface area contributed by atoms with E-state index in [0.29, 0.717) is 42.8 Å². The van der Waals surface area contributed by atoms with Gasteiger partial charge in [-0.1, -0.05) is 0 Å². The first-order valence-electron chi connectivity index (χ1n) is 10.3. The fourth-order valence-corrected chi connectivity index (χ4v) is 4.04. The first-order valence-corrected chi connectivity index (χ1v) is 10.3. The molecule has 0 radical (unpaired) electrons. The quantitative estimate of drug-likeness (QED) is 0.611. The van der Waals surface area contributed by atoms with Crippen LogP contribution in [0.4, 0.5) is 0 Å². The molecule has 9 heteroatoms. The summed E-state index contributed by atoms with van der Waals surface area (Å²) in [4.78, 5) is 48.4. The molecule has 0 unspecified atom stereocenters. The van der Waals surface area contributed by atoms with E-state index < -0.39 is 5.69 Å². The highest BCUT2D eigenvalue weighted by atomic mass is 16.5. The Morgan fingerprint density at radius 2 is 1.84 bits per heavy atom. The second kappa shape index (κ2) is 8.81. The number of methoxy groups -OCH3 is 1. The molecule has 0 atom stereocenters. The normalized spacial score (nSPS) is 14.8. The third-order valence-electron chi connectivity index (χ3n) is 5.85. The number of piperidine rings is 1. The number of hydrogen-bond donors (Lipinski definition) is 0. The first kappa shape index (κ1) is 20.9. The maximum absolute atomic E-state index is 12.7. The van der Waals surface area contributed by atoms with Crippen molar-refractivity contribution < 1.29 is 9.53 Å². The van der Waals surface area contributed by atoms with E-state index in [1.807, 2.05) is 11.0 Å². The number of likely N-dealkylation sites (tertiary alicyclic amines) is 1. The van der Waals surface area contributed by atoms with Crippen molar-refractivity contribution in [1.29, 1.82) is 0 Å². The van der Waals surface area contributed by atoms with Gasteiger partial charge in [0.05, 0.1) is 18.5 Å². The molecule has 1 aliphatic rings. The van der Waals surface area contributed by atoms with Gasteiger partial charge in [0.15, 0.2) is 0 Å². The number of ether oxygens (including phenoxy) is 1. The monoisotopic (exact) mass is 423 g/mol. The number of fused-ring (bicyclic) bond motifs is 1. The van der Waals surface area contributed by atoms with Crippen molar-refractivity contribution in [2.45, 2.75) is 25.3 Å². The summed E-state index contributed by atoms with van der Waals surface area (Å²) in [6.45, 7) is 1.90. The Hall–Kier alpha value is -3.33. The maximum atomic E-state index is 12.7. The molecule has 3 aromatic rings. The van der Waals surface area contributed by atoms with Gasteiger partial charge in [-0.3, -0.25) is 23.7 Å². The van der Waals surface area contributed by atoms with Gasteiger partial charge in [-0.05, 0) is 37.1 Å². The topological polar surface area (TPSA) is 99.3 Å². The van der Waals surface area contributed by atoms with Crippen LogP contribution < -0.4 is 11.2 Å². The van der Waals surface area contributed by atoms with Crippen molar-refractivity contribution in [1.82, 2.24) is 24.0 Å². The second-order valence-electron chi connectivity index (χ2n) is 7.70. The lowest BCUT2D eigenvalue weighted by Crippen LogP contribution is -2.39. The molecule has 0 bridgehead atoms. The van der Waals surface area contributed by atoms with Gasteiger partial charge in [0.1, 0.15) is 5.65 Å². The summed E-state index contributed by atoms with van der Waals surface area (Å²) in [7, 11) is 3.03. The summed E-state index contributed by atoms with van der Waals surface area (Å²) in [6, 6.07) is 7.05. The second-order valence-corrected chi connectivity index (χ2v) is 7.70. The van der Waals surface area contributed by atoms with Crippen LogP contribution in [0.1, 0.15) is 34.8 Å². The van der Waals surface area contributed by atoms with Crippen LogP contribution >= 0.6 is 0 Å². The van der Waals surface area contributed by atoms with Crippen LogP contribution in [0.25, 0.3) is 11.0 Å². The van der Waals surface area contributed by atoms with E-state index in [9.17, 15) is 14.4 Å². The van der Waals surface area contributed by atoms with E-state index in [-0.39, 0.29) is 17.4 Å². The SMILES string of the molecule is COCCn1c(=O)n(C)c(=O)c2ccc(C3CCN(C(=O)c4ccncc4)CC3)nc21. The molecule has 4 heterocycles. The minimum absolute atomic E-state index is 0.00391. The fourth-order valence-electron chi connectivity index (χ4n) is 4.04. The molecule has 1 aliphatic heterocycles. The number of aromatic nitrogens is 4. The minimum Gasteiger partial charge on any atom is -0.383 e. The van der Waals surface area contributed by atoms with Gasteiger partial charge in [-0.15, -0.1) is 0 Å². The summed E-state index contributed by atoms with van der Waals surface area (Å²) >= 11 is 0. The summed E-state index contributed by atoms with van der Waals surface area (Å²) < 4.78 is 7.71. The summed E-state index contributed by atoms with van der Waals surface area (Å²) in [5.41, 5.74) is 1.10. The molecule has 1 saturated heterocycles. The smallest absolute Gasteiger partial charge is 0.332 e. The molecule has 4 rings (SSSR count). The highest BCUT2D eigenvalue weighted by Crippen LogP contribution is 2.28. The fraction of sp³-hybridized carbons (Fsp3) is 0.409. The lowest BCUT2D eigenvalue weighted by atomic mass is 9.92. The Bertz CT molecular complexity index is 1210. The van der Waals surface area contributed by atoms with Crippen LogP contribution in [0.2, 0.25) is 0 Å². The maximum Gasteiger partial charge on any atom is 0.332 e. The van der Waals surface area contributed by atoms with Gasteiger partial charge in [0.25, 0.3) is 11.5 Å². The van der Waals surface area contributed by atoms with Crippen LogP contribution in [-0.2, 0) is 18.3 Å². The average Bonchev–Trinajstić information content (AvgIpc) is 2.82. The Morgan fingerprint density at radius 3 is 2.52 bits per heavy atom. The number of pyridine rings is 2. The van der Waals surface area contributed by atoms with Crippen molar-refractivity contribution in [2.75, 3.05) is 26.8 Å². The predicted octanol–water partition coefficient (Wildman–Crippen LogP) is 1.16. The van der Waals surface area contributed by atoms with Crippen LogP contribution in [0, 0.1) is 0 Å². The molecular weight excluding hydrogens is 398 g/mol. The number of rotatable bonds is 5. The highest BCUT2D eigenvalue weighted by Gasteiger charge is 2.26. The Morgan fingerprint density at radius 1 is 1.13 bits per heavy atom. The zero-order valence-electron chi connectivity index (χ0n) is 17.7. The van der Waals surface area contributed by atoms with Crippen LogP contribution in [-0.4, -0.2) is 56.7 Å². The molecule has 162 valence electrons. The molecule has 9 nitrogen and oxygen atoms in total. The average molecular weight is 423 g/mol. The van der Waals surface area contributed by atoms with Gasteiger partial charge >= 0.3 is 5.69 Å². The van der Waals surface area contributed by atoms with Crippen molar-refractivity contribution in [3.05, 3.63) is 68.8 Å². The number of hydrogen-bond acceptors (Lipinski definition) is 6. The van der Waals surface area contributed by atoms with Gasteiger partial charge in [-0.2, -0.15) is 0 Å². The lowest BCUT2D eigenvalue weighted by Gasteiger charge is -2.32. The largest absolute Gasteiger partial charge is 0.383 e. The standard InChI is InChI=1S/C22H25N5O4/c1-25-21(29)17-3-4-18(24-19(17)27(22(25)30)13-14-31-2)15-7-11-26(12-8-15)20(28)16-5-9-23-10-6-16/h3-6,9-10,15H,7-8,11-14H2,1-2H3. The van der Waals surface area contributed by atoms with Crippen LogP contribution in [0.3, 0.4) is 0 Å². The van der Waals surface area contributed by atoms with E-state index in [2.05, 4.69) is 4.98 Å². The third-order valence-corrected chi connectivity index (χ3v) is 5.85. The number of amides is 1. The molecule has 0 aliphatic carbocycles. The zero-order valence-corrected chi connectivity index (χ0v) is 17.7. The summed E-state index contributed by atoms with van der Waals surface area (Å²) in [6.07, 6.45) is 4.77. The molecule has 0 N–H and O–H groups in total. The summed E-state index contributed by atoms with van der Waals surface area (Å²) in [5.74, 6) is 0.158. The van der Waals surface area contributed by atoms with Crippen molar-refractivity contribution >= 4 is 16.9 Å². The number of nitrogens with zero attached hydrogens (tertiary/aromatic N) is 5. The van der Waals surface area contributed by atoms with E-state index in [4.69, 9.17) is 9.72 Å². The van der Waals surface area contributed by atoms with E-state index in [1.54, 1.807) is 37.7 Å². The Kier molecular flexibility index (Phi) is 5.94. The molecular formula is C22H25N5O4. The van der Waals surface area contributed by atoms with Crippen molar-refractivity contribution in [3.63, 3.8) is 0 Å². The lowest BCUT2D eigenvalue weighted by molar-refractivity contribution is 0.0712. The molecule has 3 aromatic heterocycles. The Balaban J connectivity index is 1.59. The third kappa shape index (κ3) is 4.00. The molecule has 0 saturated carbocycles. The van der Waals surface area contributed by atoms with E-state index >= 15 is 0 Å². The van der Waals surface area contributed by atoms with Gasteiger partial charge in [0, 0.05) is 56.8 Å². The number of carbonyl (C=O) groups is 1. The highest BCUT2D eigenvalue weighted by molar-refractivity contribution is 5.94. The van der Waals surface area contributed by atoms with Crippen LogP contribution in [0.15, 0.2) is 46.2 Å². The van der Waals surface area contributed by atoms with Crippen molar-refractivity contribution in [2.24, 2.45) is 7.05 Å². The molecule has 1 fully saturated rings. The van der Waals surface area contributed by atoms with Gasteiger partial charge in [0.2, 0.25) is 0 Å². The van der Waals surface area contributed by atoms with E-state index in [1.165, 1.54) is 11.6 Å². The number of carbonyl (C=O) groups excluding carboxylic acids is 1.